The van der Waals surface area contributed by atoms with Gasteiger partial charge < -0.3 is 16.4 Å². The largest absolute Gasteiger partial charge is 0.413 e. The van der Waals surface area contributed by atoms with Gasteiger partial charge in [0, 0.05) is 6.42 Å². The van der Waals surface area contributed by atoms with E-state index >= 15 is 0 Å². The van der Waals surface area contributed by atoms with Crippen LogP contribution in [0.4, 0.5) is 17.6 Å². The molecule has 198 valence electrons. The number of hydrogen-bond acceptors (Lipinski definition) is 4. The zero-order valence-electron chi connectivity index (χ0n) is 20.8. The highest BCUT2D eigenvalue weighted by atomic mass is 19.4. The highest BCUT2D eigenvalue weighted by Crippen LogP contribution is 2.50. The standard InChI is InChI=1S/C27H30F4N4O2/c1-16(23(34)36)17-4-6-18(7-5-17)19-8-10-20(11-9-19)22(27(29,30)31)35(26(15-32)12-13-26)24(37)21(33)14-25(2,3)28/h4-11,16,21-22H,12-14,33H2,1-3H3,(H2,34,36)/t16-,21-,22-/m0/s1. The summed E-state index contributed by atoms with van der Waals surface area (Å²) in [6.45, 7) is 4.04. The molecule has 3 atom stereocenters. The van der Waals surface area contributed by atoms with Gasteiger partial charge in [0.25, 0.3) is 0 Å². The van der Waals surface area contributed by atoms with Gasteiger partial charge in [-0.2, -0.15) is 18.4 Å². The third-order valence-electron chi connectivity index (χ3n) is 6.62. The van der Waals surface area contributed by atoms with Crippen LogP contribution in [-0.2, 0) is 9.59 Å². The number of carbonyl (C=O) groups is 2. The molecule has 0 aliphatic heterocycles. The van der Waals surface area contributed by atoms with Gasteiger partial charge in [-0.15, -0.1) is 0 Å². The van der Waals surface area contributed by atoms with Crippen LogP contribution in [0.5, 0.6) is 0 Å². The summed E-state index contributed by atoms with van der Waals surface area (Å²) >= 11 is 0. The van der Waals surface area contributed by atoms with Gasteiger partial charge in [0.15, 0.2) is 6.04 Å². The van der Waals surface area contributed by atoms with Gasteiger partial charge in [-0.05, 0) is 55.9 Å². The average molecular weight is 519 g/mol. The average Bonchev–Trinajstić information content (AvgIpc) is 3.61. The molecule has 0 bridgehead atoms. The number of nitrogens with zero attached hydrogens (tertiary/aromatic N) is 2. The summed E-state index contributed by atoms with van der Waals surface area (Å²) in [6.07, 6.45) is -5.26. The van der Waals surface area contributed by atoms with Crippen molar-refractivity contribution < 1.29 is 27.2 Å². The molecule has 0 unspecified atom stereocenters. The number of nitrogens with two attached hydrogens (primary N) is 2. The number of alkyl halides is 4. The van der Waals surface area contributed by atoms with Crippen LogP contribution in [0.25, 0.3) is 11.1 Å². The van der Waals surface area contributed by atoms with Crippen LogP contribution in [0.2, 0.25) is 0 Å². The van der Waals surface area contributed by atoms with E-state index in [4.69, 9.17) is 11.5 Å². The lowest BCUT2D eigenvalue weighted by molar-refractivity contribution is -0.198. The van der Waals surface area contributed by atoms with Crippen molar-refractivity contribution in [2.24, 2.45) is 11.5 Å². The molecule has 2 aromatic rings. The van der Waals surface area contributed by atoms with Crippen LogP contribution < -0.4 is 11.5 Å². The Hall–Kier alpha value is -3.45. The van der Waals surface area contributed by atoms with E-state index in [1.54, 1.807) is 31.2 Å². The molecule has 2 aromatic carbocycles. The molecule has 1 aliphatic carbocycles. The number of halogens is 4. The molecule has 10 heteroatoms. The fourth-order valence-corrected chi connectivity index (χ4v) is 4.37. The van der Waals surface area contributed by atoms with E-state index in [1.165, 1.54) is 38.1 Å². The van der Waals surface area contributed by atoms with E-state index < -0.39 is 53.6 Å². The number of benzene rings is 2. The Balaban J connectivity index is 1.98. The second kappa shape index (κ2) is 10.1. The highest BCUT2D eigenvalue weighted by Gasteiger charge is 2.60. The number of amides is 2. The Morgan fingerprint density at radius 3 is 1.81 bits per heavy atom. The van der Waals surface area contributed by atoms with Crippen molar-refractivity contribution in [3.8, 4) is 17.2 Å². The number of primary amides is 1. The van der Waals surface area contributed by atoms with Crippen LogP contribution in [0.15, 0.2) is 48.5 Å². The molecule has 0 radical (unpaired) electrons. The SMILES string of the molecule is C[C@H](C(N)=O)c1ccc(-c2ccc([C@H](N(C(=O)[C@@H](N)CC(C)(C)F)C3(C#N)CC3)C(F)(F)F)cc2)cc1. The lowest BCUT2D eigenvalue weighted by Gasteiger charge is -2.38. The quantitative estimate of drug-likeness (QED) is 0.460. The van der Waals surface area contributed by atoms with Crippen LogP contribution in [-0.4, -0.2) is 40.1 Å². The minimum absolute atomic E-state index is 0.0711. The van der Waals surface area contributed by atoms with Crippen LogP contribution in [0.3, 0.4) is 0 Å². The highest BCUT2D eigenvalue weighted by molar-refractivity contribution is 5.84. The molecule has 3 rings (SSSR count). The molecule has 6 nitrogen and oxygen atoms in total. The van der Waals surface area contributed by atoms with Crippen LogP contribution in [0.1, 0.15) is 63.1 Å². The fraction of sp³-hybridized carbons (Fsp3) is 0.444. The van der Waals surface area contributed by atoms with Gasteiger partial charge in [-0.1, -0.05) is 48.5 Å². The summed E-state index contributed by atoms with van der Waals surface area (Å²) in [4.78, 5) is 25.1. The molecule has 0 spiro atoms. The first-order valence-corrected chi connectivity index (χ1v) is 11.8. The second-order valence-corrected chi connectivity index (χ2v) is 10.2. The first-order chi connectivity index (χ1) is 17.1. The van der Waals surface area contributed by atoms with Gasteiger partial charge in [-0.3, -0.25) is 9.59 Å². The zero-order chi connectivity index (χ0) is 27.8. The summed E-state index contributed by atoms with van der Waals surface area (Å²) in [5.74, 6) is -2.08. The third-order valence-corrected chi connectivity index (χ3v) is 6.62. The molecule has 2 amide bonds. The third kappa shape index (κ3) is 6.28. The van der Waals surface area contributed by atoms with E-state index in [2.05, 4.69) is 0 Å². The van der Waals surface area contributed by atoms with Crippen molar-refractivity contribution in [3.05, 3.63) is 59.7 Å². The lowest BCUT2D eigenvalue weighted by atomic mass is 9.94. The number of nitriles is 1. The summed E-state index contributed by atoms with van der Waals surface area (Å²) in [7, 11) is 0. The Morgan fingerprint density at radius 2 is 1.46 bits per heavy atom. The minimum atomic E-state index is -4.92. The van der Waals surface area contributed by atoms with Gasteiger partial charge in [-0.25, -0.2) is 4.39 Å². The summed E-state index contributed by atoms with van der Waals surface area (Å²) in [5, 5.41) is 9.69. The predicted octanol–water partition coefficient (Wildman–Crippen LogP) is 4.90. The van der Waals surface area contributed by atoms with Crippen molar-refractivity contribution >= 4 is 11.8 Å². The summed E-state index contributed by atoms with van der Waals surface area (Å²) in [5.41, 5.74) is 9.43. The molecule has 4 N–H and O–H groups in total. The van der Waals surface area contributed by atoms with Crippen LogP contribution >= 0.6 is 0 Å². The first-order valence-electron chi connectivity index (χ1n) is 11.8. The van der Waals surface area contributed by atoms with E-state index in [1.807, 2.05) is 6.07 Å². The lowest BCUT2D eigenvalue weighted by Crippen LogP contribution is -2.55. The monoisotopic (exact) mass is 518 g/mol. The number of rotatable bonds is 9. The van der Waals surface area contributed by atoms with E-state index in [-0.39, 0.29) is 18.4 Å². The maximum absolute atomic E-state index is 14.5. The summed E-state index contributed by atoms with van der Waals surface area (Å²) in [6, 6.07) is 10.3. The number of carbonyl (C=O) groups excluding carboxylic acids is 2. The second-order valence-electron chi connectivity index (χ2n) is 10.2. The maximum Gasteiger partial charge on any atom is 0.413 e. The van der Waals surface area contributed by atoms with E-state index in [9.17, 15) is 32.4 Å². The zero-order valence-corrected chi connectivity index (χ0v) is 20.8. The van der Waals surface area contributed by atoms with Gasteiger partial charge in [0.1, 0.15) is 11.2 Å². The minimum Gasteiger partial charge on any atom is -0.369 e. The molecule has 1 saturated carbocycles. The van der Waals surface area contributed by atoms with Crippen molar-refractivity contribution in [3.63, 3.8) is 0 Å². The predicted molar refractivity (Wildman–Crippen MR) is 130 cm³/mol. The van der Waals surface area contributed by atoms with Crippen molar-refractivity contribution in [1.82, 2.24) is 4.90 Å². The normalized spacial score (nSPS) is 17.3. The Morgan fingerprint density at radius 1 is 1.00 bits per heavy atom. The number of hydrogen-bond donors (Lipinski definition) is 2. The molecular formula is C27H30F4N4O2. The maximum atomic E-state index is 14.5. The Kier molecular flexibility index (Phi) is 7.70. The van der Waals surface area contributed by atoms with Gasteiger partial charge in [0.2, 0.25) is 11.8 Å². The molecular weight excluding hydrogens is 488 g/mol. The molecule has 1 aliphatic rings. The van der Waals surface area contributed by atoms with Gasteiger partial charge in [0.05, 0.1) is 18.0 Å². The first kappa shape index (κ1) is 28.1. The Labute approximate surface area is 213 Å². The van der Waals surface area contributed by atoms with Crippen molar-refractivity contribution in [2.45, 2.75) is 75.4 Å². The summed E-state index contributed by atoms with van der Waals surface area (Å²) < 4.78 is 57.6. The molecule has 0 heterocycles. The Bertz CT molecular complexity index is 1180. The molecule has 0 aromatic heterocycles. The molecule has 1 fully saturated rings. The van der Waals surface area contributed by atoms with E-state index in [0.717, 1.165) is 0 Å². The van der Waals surface area contributed by atoms with Crippen molar-refractivity contribution in [2.75, 3.05) is 0 Å². The fourth-order valence-electron chi connectivity index (χ4n) is 4.37. The molecule has 37 heavy (non-hydrogen) atoms. The van der Waals surface area contributed by atoms with Crippen molar-refractivity contribution in [1.29, 1.82) is 5.26 Å². The molecule has 0 saturated heterocycles. The smallest absolute Gasteiger partial charge is 0.369 e. The van der Waals surface area contributed by atoms with Gasteiger partial charge >= 0.3 is 6.18 Å². The van der Waals surface area contributed by atoms with Crippen LogP contribution in [0, 0.1) is 11.3 Å². The van der Waals surface area contributed by atoms with E-state index in [0.29, 0.717) is 21.6 Å². The topological polar surface area (TPSA) is 113 Å².